The first kappa shape index (κ1) is 14.0. The predicted molar refractivity (Wildman–Crippen MR) is 64.6 cm³/mol. The van der Waals surface area contributed by atoms with Gasteiger partial charge < -0.3 is 15.7 Å². The Morgan fingerprint density at radius 3 is 2.47 bits per heavy atom. The standard InChI is InChI=1S/C12H22N2O3/c1-8(12(16)17)9(2)14-11(15)7-10-3-5-13-6-4-10/h8-10,13H,3-7H2,1-2H3,(H,14,15)(H,16,17). The van der Waals surface area contributed by atoms with E-state index in [0.717, 1.165) is 25.9 Å². The molecule has 0 bridgehead atoms. The number of hydrogen-bond donors (Lipinski definition) is 3. The maximum atomic E-state index is 11.7. The van der Waals surface area contributed by atoms with E-state index in [9.17, 15) is 9.59 Å². The fourth-order valence-electron chi connectivity index (χ4n) is 2.00. The van der Waals surface area contributed by atoms with Crippen LogP contribution in [0, 0.1) is 11.8 Å². The number of aliphatic carboxylic acids is 1. The zero-order valence-electron chi connectivity index (χ0n) is 10.5. The van der Waals surface area contributed by atoms with Gasteiger partial charge in [0.25, 0.3) is 0 Å². The fourth-order valence-corrected chi connectivity index (χ4v) is 2.00. The first-order valence-corrected chi connectivity index (χ1v) is 6.23. The minimum Gasteiger partial charge on any atom is -0.481 e. The number of carboxylic acid groups (broad SMARTS) is 1. The van der Waals surface area contributed by atoms with Crippen LogP contribution in [-0.4, -0.2) is 36.1 Å². The molecule has 1 fully saturated rings. The SMILES string of the molecule is CC(NC(=O)CC1CCNCC1)C(C)C(=O)O. The summed E-state index contributed by atoms with van der Waals surface area (Å²) in [6.07, 6.45) is 2.56. The van der Waals surface area contributed by atoms with Crippen LogP contribution in [0.25, 0.3) is 0 Å². The van der Waals surface area contributed by atoms with Crippen LogP contribution in [0.5, 0.6) is 0 Å². The number of carbonyl (C=O) groups excluding carboxylic acids is 1. The van der Waals surface area contributed by atoms with Crippen LogP contribution in [0.3, 0.4) is 0 Å². The first-order valence-electron chi connectivity index (χ1n) is 6.23. The molecular weight excluding hydrogens is 220 g/mol. The smallest absolute Gasteiger partial charge is 0.308 e. The van der Waals surface area contributed by atoms with Gasteiger partial charge in [0.15, 0.2) is 0 Å². The van der Waals surface area contributed by atoms with Crippen LogP contribution in [0.15, 0.2) is 0 Å². The largest absolute Gasteiger partial charge is 0.481 e. The molecule has 2 atom stereocenters. The second-order valence-electron chi connectivity index (χ2n) is 4.88. The molecule has 0 aliphatic carbocycles. The molecule has 0 spiro atoms. The third-order valence-electron chi connectivity index (χ3n) is 3.46. The van der Waals surface area contributed by atoms with E-state index in [1.54, 1.807) is 13.8 Å². The van der Waals surface area contributed by atoms with Gasteiger partial charge in [0, 0.05) is 12.5 Å². The highest BCUT2D eigenvalue weighted by Gasteiger charge is 2.22. The summed E-state index contributed by atoms with van der Waals surface area (Å²) in [6, 6.07) is -0.318. The average molecular weight is 242 g/mol. The van der Waals surface area contributed by atoms with Crippen molar-refractivity contribution in [2.75, 3.05) is 13.1 Å². The number of amides is 1. The van der Waals surface area contributed by atoms with Gasteiger partial charge in [-0.05, 0) is 45.7 Å². The van der Waals surface area contributed by atoms with Crippen LogP contribution < -0.4 is 10.6 Å². The van der Waals surface area contributed by atoms with Gasteiger partial charge in [0.2, 0.25) is 5.91 Å². The zero-order chi connectivity index (χ0) is 12.8. The van der Waals surface area contributed by atoms with Crippen molar-refractivity contribution < 1.29 is 14.7 Å². The molecule has 98 valence electrons. The third-order valence-corrected chi connectivity index (χ3v) is 3.46. The summed E-state index contributed by atoms with van der Waals surface area (Å²) in [6.45, 7) is 5.29. The molecule has 1 aliphatic heterocycles. The van der Waals surface area contributed by atoms with Crippen molar-refractivity contribution in [2.45, 2.75) is 39.2 Å². The normalized spacial score (nSPS) is 20.6. The Hall–Kier alpha value is -1.10. The zero-order valence-corrected chi connectivity index (χ0v) is 10.5. The highest BCUT2D eigenvalue weighted by Crippen LogP contribution is 2.16. The monoisotopic (exact) mass is 242 g/mol. The molecule has 1 heterocycles. The number of nitrogens with one attached hydrogen (secondary N) is 2. The van der Waals surface area contributed by atoms with Crippen LogP contribution in [0.2, 0.25) is 0 Å². The molecule has 17 heavy (non-hydrogen) atoms. The molecule has 1 aliphatic rings. The van der Waals surface area contributed by atoms with Gasteiger partial charge in [0.05, 0.1) is 5.92 Å². The highest BCUT2D eigenvalue weighted by atomic mass is 16.4. The summed E-state index contributed by atoms with van der Waals surface area (Å²) in [5, 5.41) is 14.8. The Labute approximate surface area is 102 Å². The lowest BCUT2D eigenvalue weighted by atomic mass is 9.94. The van der Waals surface area contributed by atoms with Gasteiger partial charge in [-0.15, -0.1) is 0 Å². The van der Waals surface area contributed by atoms with E-state index in [1.807, 2.05) is 0 Å². The lowest BCUT2D eigenvalue weighted by molar-refractivity contribution is -0.142. The number of piperidine rings is 1. The second kappa shape index (κ2) is 6.59. The maximum Gasteiger partial charge on any atom is 0.308 e. The van der Waals surface area contributed by atoms with Gasteiger partial charge >= 0.3 is 5.97 Å². The Kier molecular flexibility index (Phi) is 5.41. The van der Waals surface area contributed by atoms with E-state index >= 15 is 0 Å². The minimum absolute atomic E-state index is 0.0301. The van der Waals surface area contributed by atoms with Crippen molar-refractivity contribution in [3.63, 3.8) is 0 Å². The summed E-state index contributed by atoms with van der Waals surface area (Å²) >= 11 is 0. The topological polar surface area (TPSA) is 78.4 Å². The predicted octanol–water partition coefficient (Wildman–Crippen LogP) is 0.602. The molecule has 1 rings (SSSR count). The van der Waals surface area contributed by atoms with Gasteiger partial charge in [0.1, 0.15) is 0 Å². The number of carboxylic acids is 1. The average Bonchev–Trinajstić information content (AvgIpc) is 2.28. The van der Waals surface area contributed by atoms with Crippen molar-refractivity contribution in [3.8, 4) is 0 Å². The minimum atomic E-state index is -0.875. The molecule has 0 aromatic heterocycles. The molecule has 5 heteroatoms. The Bertz CT molecular complexity index is 275. The maximum absolute atomic E-state index is 11.7. The molecule has 5 nitrogen and oxygen atoms in total. The second-order valence-corrected chi connectivity index (χ2v) is 4.88. The Balaban J connectivity index is 2.30. The molecule has 0 radical (unpaired) electrons. The van der Waals surface area contributed by atoms with Crippen LogP contribution in [0.4, 0.5) is 0 Å². The number of hydrogen-bond acceptors (Lipinski definition) is 3. The number of carbonyl (C=O) groups is 2. The van der Waals surface area contributed by atoms with E-state index in [2.05, 4.69) is 10.6 Å². The molecule has 0 aromatic carbocycles. The molecule has 1 amide bonds. The summed E-state index contributed by atoms with van der Waals surface area (Å²) in [5.41, 5.74) is 0. The van der Waals surface area contributed by atoms with Crippen molar-refractivity contribution >= 4 is 11.9 Å². The van der Waals surface area contributed by atoms with Crippen LogP contribution in [0.1, 0.15) is 33.1 Å². The van der Waals surface area contributed by atoms with Crippen molar-refractivity contribution in [2.24, 2.45) is 11.8 Å². The van der Waals surface area contributed by atoms with Crippen molar-refractivity contribution in [1.29, 1.82) is 0 Å². The van der Waals surface area contributed by atoms with Crippen LogP contribution >= 0.6 is 0 Å². The van der Waals surface area contributed by atoms with E-state index < -0.39 is 11.9 Å². The first-order chi connectivity index (χ1) is 8.00. The summed E-state index contributed by atoms with van der Waals surface area (Å²) in [4.78, 5) is 22.5. The molecule has 2 unspecified atom stereocenters. The third kappa shape index (κ3) is 4.73. The summed E-state index contributed by atoms with van der Waals surface area (Å²) in [7, 11) is 0. The Morgan fingerprint density at radius 2 is 1.94 bits per heavy atom. The molecule has 0 aromatic rings. The van der Waals surface area contributed by atoms with E-state index in [4.69, 9.17) is 5.11 Å². The molecule has 0 saturated carbocycles. The van der Waals surface area contributed by atoms with Gasteiger partial charge in [-0.1, -0.05) is 0 Å². The van der Waals surface area contributed by atoms with Gasteiger partial charge in [-0.2, -0.15) is 0 Å². The lowest BCUT2D eigenvalue weighted by Gasteiger charge is -2.23. The summed E-state index contributed by atoms with van der Waals surface area (Å²) in [5.74, 6) is -1.02. The van der Waals surface area contributed by atoms with E-state index in [-0.39, 0.29) is 11.9 Å². The van der Waals surface area contributed by atoms with E-state index in [1.165, 1.54) is 0 Å². The Morgan fingerprint density at radius 1 is 1.35 bits per heavy atom. The molecule has 1 saturated heterocycles. The quantitative estimate of drug-likeness (QED) is 0.659. The number of rotatable bonds is 5. The lowest BCUT2D eigenvalue weighted by Crippen LogP contribution is -2.41. The highest BCUT2D eigenvalue weighted by molar-refractivity contribution is 5.78. The van der Waals surface area contributed by atoms with E-state index in [0.29, 0.717) is 12.3 Å². The fraction of sp³-hybridized carbons (Fsp3) is 0.833. The summed E-state index contributed by atoms with van der Waals surface area (Å²) < 4.78 is 0. The van der Waals surface area contributed by atoms with Crippen LogP contribution in [-0.2, 0) is 9.59 Å². The van der Waals surface area contributed by atoms with Gasteiger partial charge in [-0.25, -0.2) is 0 Å². The van der Waals surface area contributed by atoms with Crippen molar-refractivity contribution in [1.82, 2.24) is 10.6 Å². The molecular formula is C12H22N2O3. The van der Waals surface area contributed by atoms with Gasteiger partial charge in [-0.3, -0.25) is 9.59 Å². The molecule has 3 N–H and O–H groups in total. The van der Waals surface area contributed by atoms with Crippen molar-refractivity contribution in [3.05, 3.63) is 0 Å².